The van der Waals surface area contributed by atoms with Crippen molar-refractivity contribution in [1.82, 2.24) is 15.1 Å². The van der Waals surface area contributed by atoms with Crippen LogP contribution < -0.4 is 5.32 Å². The molecule has 1 rings (SSSR count). The van der Waals surface area contributed by atoms with Gasteiger partial charge in [0.25, 0.3) is 0 Å². The van der Waals surface area contributed by atoms with Gasteiger partial charge in [-0.05, 0) is 13.0 Å². The van der Waals surface area contributed by atoms with Crippen molar-refractivity contribution < 1.29 is 9.53 Å². The molecule has 0 saturated heterocycles. The number of methoxy groups -OCH3 is 1. The Bertz CT molecular complexity index is 309. The zero-order valence-corrected chi connectivity index (χ0v) is 8.65. The molecule has 1 N–H and O–H groups in total. The first-order valence-electron chi connectivity index (χ1n) is 4.42. The predicted molar refractivity (Wildman–Crippen MR) is 51.5 cm³/mol. The highest BCUT2D eigenvalue weighted by atomic mass is 16.5. The molecule has 0 aliphatic rings. The number of ether oxygens (including phenoxy) is 1. The van der Waals surface area contributed by atoms with Crippen LogP contribution in [0.15, 0.2) is 12.3 Å². The number of hydrogen-bond acceptors (Lipinski definition) is 3. The van der Waals surface area contributed by atoms with Crippen LogP contribution >= 0.6 is 0 Å². The second kappa shape index (κ2) is 4.76. The molecule has 14 heavy (non-hydrogen) atoms. The smallest absolute Gasteiger partial charge is 0.249 e. The molecule has 5 heteroatoms. The maximum Gasteiger partial charge on any atom is 0.249 e. The zero-order chi connectivity index (χ0) is 10.6. The van der Waals surface area contributed by atoms with Crippen molar-refractivity contribution in [3.05, 3.63) is 18.0 Å². The second-order valence-corrected chi connectivity index (χ2v) is 3.04. The van der Waals surface area contributed by atoms with Crippen LogP contribution in [0.5, 0.6) is 0 Å². The van der Waals surface area contributed by atoms with Gasteiger partial charge in [-0.1, -0.05) is 0 Å². The standard InChI is InChI=1S/C9H15N3O2/c1-7(14-3)9(13)10-6-8-4-5-11-12(8)2/h4-5,7H,6H2,1-3H3,(H,10,13). The molecule has 1 atom stereocenters. The SMILES string of the molecule is COC(C)C(=O)NCc1ccnn1C. The summed E-state index contributed by atoms with van der Waals surface area (Å²) in [5.41, 5.74) is 0.960. The maximum atomic E-state index is 11.3. The van der Waals surface area contributed by atoms with Crippen LogP contribution in [0.25, 0.3) is 0 Å². The Balaban J connectivity index is 2.41. The minimum atomic E-state index is -0.414. The lowest BCUT2D eigenvalue weighted by molar-refractivity contribution is -0.130. The minimum Gasteiger partial charge on any atom is -0.372 e. The Hall–Kier alpha value is -1.36. The van der Waals surface area contributed by atoms with Crippen molar-refractivity contribution in [2.45, 2.75) is 19.6 Å². The lowest BCUT2D eigenvalue weighted by atomic mass is 10.3. The molecule has 0 bridgehead atoms. The van der Waals surface area contributed by atoms with E-state index >= 15 is 0 Å². The summed E-state index contributed by atoms with van der Waals surface area (Å²) in [6, 6.07) is 1.86. The van der Waals surface area contributed by atoms with Crippen molar-refractivity contribution >= 4 is 5.91 Å². The van der Waals surface area contributed by atoms with E-state index < -0.39 is 6.10 Å². The summed E-state index contributed by atoms with van der Waals surface area (Å²) in [5.74, 6) is -0.117. The lowest BCUT2D eigenvalue weighted by Gasteiger charge is -2.10. The van der Waals surface area contributed by atoms with Gasteiger partial charge in [-0.2, -0.15) is 5.10 Å². The summed E-state index contributed by atoms with van der Waals surface area (Å²) in [4.78, 5) is 11.3. The fourth-order valence-corrected chi connectivity index (χ4v) is 1.00. The van der Waals surface area contributed by atoms with E-state index in [0.717, 1.165) is 5.69 Å². The molecule has 0 fully saturated rings. The van der Waals surface area contributed by atoms with E-state index in [2.05, 4.69) is 10.4 Å². The highest BCUT2D eigenvalue weighted by molar-refractivity contribution is 5.80. The average Bonchev–Trinajstić information content (AvgIpc) is 2.59. The van der Waals surface area contributed by atoms with Gasteiger partial charge in [0.15, 0.2) is 0 Å². The first-order valence-corrected chi connectivity index (χ1v) is 4.42. The molecular formula is C9H15N3O2. The first-order chi connectivity index (χ1) is 6.65. The van der Waals surface area contributed by atoms with Crippen molar-refractivity contribution in [2.75, 3.05) is 7.11 Å². The second-order valence-electron chi connectivity index (χ2n) is 3.04. The van der Waals surface area contributed by atoms with Crippen LogP contribution in [-0.2, 0) is 23.1 Å². The maximum absolute atomic E-state index is 11.3. The van der Waals surface area contributed by atoms with E-state index in [9.17, 15) is 4.79 Å². The number of aryl methyl sites for hydroxylation is 1. The van der Waals surface area contributed by atoms with Gasteiger partial charge in [-0.15, -0.1) is 0 Å². The summed E-state index contributed by atoms with van der Waals surface area (Å²) in [7, 11) is 3.34. The minimum absolute atomic E-state index is 0.117. The molecule has 1 amide bonds. The zero-order valence-electron chi connectivity index (χ0n) is 8.65. The number of aromatic nitrogens is 2. The van der Waals surface area contributed by atoms with E-state index in [0.29, 0.717) is 6.54 Å². The normalized spacial score (nSPS) is 12.5. The summed E-state index contributed by atoms with van der Waals surface area (Å²) in [6.45, 7) is 2.18. The first kappa shape index (κ1) is 10.7. The fourth-order valence-electron chi connectivity index (χ4n) is 1.00. The van der Waals surface area contributed by atoms with Crippen LogP contribution in [0.2, 0.25) is 0 Å². The quantitative estimate of drug-likeness (QED) is 0.743. The van der Waals surface area contributed by atoms with Gasteiger partial charge in [0.05, 0.1) is 12.2 Å². The summed E-state index contributed by atoms with van der Waals surface area (Å²) < 4.78 is 6.60. The molecule has 0 aliphatic carbocycles. The monoisotopic (exact) mass is 197 g/mol. The average molecular weight is 197 g/mol. The number of nitrogens with zero attached hydrogens (tertiary/aromatic N) is 2. The molecule has 78 valence electrons. The van der Waals surface area contributed by atoms with E-state index in [1.54, 1.807) is 17.8 Å². The fraction of sp³-hybridized carbons (Fsp3) is 0.556. The number of carbonyl (C=O) groups excluding carboxylic acids is 1. The Morgan fingerprint density at radius 1 is 1.79 bits per heavy atom. The molecule has 1 aromatic heterocycles. The number of hydrogen-bond donors (Lipinski definition) is 1. The van der Waals surface area contributed by atoms with Crippen LogP contribution in [0.1, 0.15) is 12.6 Å². The van der Waals surface area contributed by atoms with Crippen molar-refractivity contribution in [3.63, 3.8) is 0 Å². The molecule has 1 unspecified atom stereocenters. The van der Waals surface area contributed by atoms with E-state index in [1.807, 2.05) is 13.1 Å². The third-order valence-electron chi connectivity index (χ3n) is 2.09. The molecule has 0 aromatic carbocycles. The molecular weight excluding hydrogens is 182 g/mol. The van der Waals surface area contributed by atoms with Crippen molar-refractivity contribution in [3.8, 4) is 0 Å². The van der Waals surface area contributed by atoms with E-state index in [4.69, 9.17) is 4.74 Å². The molecule has 0 spiro atoms. The molecule has 0 aliphatic heterocycles. The molecule has 0 radical (unpaired) electrons. The number of carbonyl (C=O) groups is 1. The van der Waals surface area contributed by atoms with Crippen molar-refractivity contribution in [2.24, 2.45) is 7.05 Å². The van der Waals surface area contributed by atoms with Gasteiger partial charge in [0, 0.05) is 20.4 Å². The van der Waals surface area contributed by atoms with Crippen LogP contribution in [0.4, 0.5) is 0 Å². The van der Waals surface area contributed by atoms with Crippen LogP contribution in [-0.4, -0.2) is 28.9 Å². The van der Waals surface area contributed by atoms with Gasteiger partial charge in [0.2, 0.25) is 5.91 Å². The van der Waals surface area contributed by atoms with Crippen LogP contribution in [0, 0.1) is 0 Å². The Labute approximate surface area is 83.1 Å². The van der Waals surface area contributed by atoms with Gasteiger partial charge in [0.1, 0.15) is 6.10 Å². The largest absolute Gasteiger partial charge is 0.372 e. The Morgan fingerprint density at radius 2 is 2.50 bits per heavy atom. The van der Waals surface area contributed by atoms with Gasteiger partial charge in [-0.3, -0.25) is 9.48 Å². The predicted octanol–water partition coefficient (Wildman–Crippen LogP) is 0.0712. The molecule has 1 aromatic rings. The van der Waals surface area contributed by atoms with Gasteiger partial charge in [-0.25, -0.2) is 0 Å². The van der Waals surface area contributed by atoms with E-state index in [-0.39, 0.29) is 5.91 Å². The number of nitrogens with one attached hydrogen (secondary N) is 1. The molecule has 0 saturated carbocycles. The molecule has 1 heterocycles. The highest BCUT2D eigenvalue weighted by Crippen LogP contribution is 1.96. The van der Waals surface area contributed by atoms with Gasteiger partial charge >= 0.3 is 0 Å². The topological polar surface area (TPSA) is 56.1 Å². The van der Waals surface area contributed by atoms with Gasteiger partial charge < -0.3 is 10.1 Å². The number of amides is 1. The summed E-state index contributed by atoms with van der Waals surface area (Å²) >= 11 is 0. The van der Waals surface area contributed by atoms with Crippen molar-refractivity contribution in [1.29, 1.82) is 0 Å². The third kappa shape index (κ3) is 2.56. The molecule has 5 nitrogen and oxygen atoms in total. The van der Waals surface area contributed by atoms with E-state index in [1.165, 1.54) is 7.11 Å². The third-order valence-corrected chi connectivity index (χ3v) is 2.09. The van der Waals surface area contributed by atoms with Crippen LogP contribution in [0.3, 0.4) is 0 Å². The Kier molecular flexibility index (Phi) is 3.64. The summed E-state index contributed by atoms with van der Waals surface area (Å²) in [6.07, 6.45) is 1.28. The highest BCUT2D eigenvalue weighted by Gasteiger charge is 2.10. The summed E-state index contributed by atoms with van der Waals surface area (Å²) in [5, 5.41) is 6.75. The lowest BCUT2D eigenvalue weighted by Crippen LogP contribution is -2.33. The Morgan fingerprint density at radius 3 is 3.00 bits per heavy atom. The number of rotatable bonds is 4.